The second-order valence-electron chi connectivity index (χ2n) is 15.2. The summed E-state index contributed by atoms with van der Waals surface area (Å²) in [5.74, 6) is 8.10. The highest BCUT2D eigenvalue weighted by molar-refractivity contribution is 7.59. The third-order valence-electron chi connectivity index (χ3n) is 8.96. The summed E-state index contributed by atoms with van der Waals surface area (Å²) in [6.45, 7) is 12.6. The highest BCUT2D eigenvalue weighted by Crippen LogP contribution is 2.43. The van der Waals surface area contributed by atoms with Gasteiger partial charge >= 0.3 is 12.2 Å². The van der Waals surface area contributed by atoms with Crippen molar-refractivity contribution in [2.45, 2.75) is 96.9 Å². The van der Waals surface area contributed by atoms with Crippen molar-refractivity contribution in [1.29, 1.82) is 0 Å². The number of allylic oxidation sites excluding steroid dienone is 1. The molecule has 270 valence electrons. The van der Waals surface area contributed by atoms with Gasteiger partial charge in [0.15, 0.2) is 0 Å². The maximum Gasteiger partial charge on any atom is 0.411 e. The summed E-state index contributed by atoms with van der Waals surface area (Å²) in [6.07, 6.45) is 5.98. The molecule has 3 aliphatic rings. The monoisotopic (exact) mass is 728 g/mol. The minimum Gasteiger partial charge on any atom is -0.444 e. The summed E-state index contributed by atoms with van der Waals surface area (Å²) in [4.78, 5) is 45.9. The van der Waals surface area contributed by atoms with Crippen molar-refractivity contribution in [2.24, 2.45) is 0 Å². The van der Waals surface area contributed by atoms with Gasteiger partial charge in [-0.05, 0) is 115 Å². The van der Waals surface area contributed by atoms with Crippen LogP contribution in [0.4, 0.5) is 9.59 Å². The minimum absolute atomic E-state index is 0. The molecule has 10 nitrogen and oxygen atoms in total. The van der Waals surface area contributed by atoms with Crippen molar-refractivity contribution in [3.63, 3.8) is 0 Å². The number of H-pyrrole nitrogens is 2. The molecule has 1 aliphatic carbocycles. The summed E-state index contributed by atoms with van der Waals surface area (Å²) >= 11 is 0. The average molecular weight is 729 g/mol. The zero-order valence-corrected chi connectivity index (χ0v) is 32.1. The van der Waals surface area contributed by atoms with Crippen LogP contribution < -0.4 is 0 Å². The Bertz CT molecular complexity index is 2000. The predicted molar refractivity (Wildman–Crippen MR) is 208 cm³/mol. The number of aromatic amines is 2. The largest absolute Gasteiger partial charge is 0.444 e. The first-order valence-corrected chi connectivity index (χ1v) is 17.2. The molecule has 2 amide bonds. The number of rotatable bonds is 3. The molecule has 4 heterocycles. The summed E-state index contributed by atoms with van der Waals surface area (Å²) in [6, 6.07) is 13.7. The summed E-state index contributed by atoms with van der Waals surface area (Å²) < 4.78 is 11.4. The Labute approximate surface area is 313 Å². The summed E-state index contributed by atoms with van der Waals surface area (Å²) in [5, 5.41) is 0. The van der Waals surface area contributed by atoms with Crippen LogP contribution >= 0.6 is 27.0 Å². The number of amides is 2. The van der Waals surface area contributed by atoms with E-state index in [9.17, 15) is 9.59 Å². The van der Waals surface area contributed by atoms with Crippen LogP contribution in [-0.4, -0.2) is 66.2 Å². The fraction of sp³-hybridized carbons (Fsp3) is 0.436. The van der Waals surface area contributed by atoms with E-state index in [0.29, 0.717) is 13.1 Å². The smallest absolute Gasteiger partial charge is 0.411 e. The number of carbonyl (C=O) groups is 2. The molecule has 51 heavy (non-hydrogen) atoms. The Morgan fingerprint density at radius 2 is 1.45 bits per heavy atom. The quantitative estimate of drug-likeness (QED) is 0.162. The second kappa shape index (κ2) is 14.7. The lowest BCUT2D eigenvalue weighted by Gasteiger charge is -2.27. The van der Waals surface area contributed by atoms with Gasteiger partial charge in [-0.15, -0.1) is 0 Å². The van der Waals surface area contributed by atoms with E-state index in [2.05, 4.69) is 26.8 Å². The van der Waals surface area contributed by atoms with Gasteiger partial charge in [-0.25, -0.2) is 19.6 Å². The summed E-state index contributed by atoms with van der Waals surface area (Å²) in [7, 11) is 0. The molecular formula is C39H48N6O4S2. The van der Waals surface area contributed by atoms with Gasteiger partial charge in [0, 0.05) is 24.2 Å². The molecule has 7 rings (SSSR count). The topological polar surface area (TPSA) is 116 Å². The fourth-order valence-corrected chi connectivity index (χ4v) is 6.54. The maximum absolute atomic E-state index is 13.2. The van der Waals surface area contributed by atoms with Gasteiger partial charge in [0.05, 0.1) is 35.0 Å². The molecule has 0 radical (unpaired) electrons. The van der Waals surface area contributed by atoms with Crippen LogP contribution in [0.15, 0.2) is 59.8 Å². The zero-order valence-electron chi connectivity index (χ0n) is 30.1. The number of ether oxygens (including phenoxy) is 2. The van der Waals surface area contributed by atoms with Crippen LogP contribution in [0, 0.1) is 11.8 Å². The number of likely N-dealkylation sites (tertiary alicyclic amines) is 2. The van der Waals surface area contributed by atoms with Gasteiger partial charge in [0.25, 0.3) is 0 Å². The van der Waals surface area contributed by atoms with Crippen LogP contribution in [0.25, 0.3) is 22.3 Å². The Balaban J connectivity index is 0.00000252. The SMILES string of the molecule is CC(C)(C)OC(=O)N1CCC[C@H]1c1ncc(-c2ccc(C#Cc3ccc4nc([C@@H]5CC(=C6CC6)CN5C(=O)OC(C)(C)C)[nH]c4c3)cc2)[nH]1.S.S. The van der Waals surface area contributed by atoms with Crippen molar-refractivity contribution < 1.29 is 19.1 Å². The molecule has 3 fully saturated rings. The van der Waals surface area contributed by atoms with Gasteiger partial charge in [-0.2, -0.15) is 27.0 Å². The third kappa shape index (κ3) is 8.76. The Hall–Kier alpha value is -4.34. The van der Waals surface area contributed by atoms with Crippen molar-refractivity contribution in [3.05, 3.63) is 82.6 Å². The number of nitrogens with one attached hydrogen (secondary N) is 2. The molecule has 2 atom stereocenters. The highest BCUT2D eigenvalue weighted by atomic mass is 32.1. The number of fused-ring (bicyclic) bond motifs is 1. The molecule has 0 unspecified atom stereocenters. The Morgan fingerprint density at radius 1 is 0.804 bits per heavy atom. The standard InChI is InChI=1S/C39H44N6O4.2H2S/c1-38(2,3)48-36(46)44-19-7-8-32(44)34-40-22-31(43-34)27-14-11-24(12-15-27)9-10-25-13-18-29-30(20-25)42-35(41-29)33-21-28(26-16-17-26)23-45(33)37(47)49-39(4,5)6;;/h11-15,18,20,22,32-33H,7-8,16-17,19,21,23H2,1-6H3,(H,40,43)(H,41,42);2*1H2/t32-,33-;;/m0../s1. The van der Waals surface area contributed by atoms with Crippen molar-refractivity contribution in [3.8, 4) is 23.1 Å². The molecule has 0 bridgehead atoms. The first-order valence-electron chi connectivity index (χ1n) is 17.2. The van der Waals surface area contributed by atoms with E-state index in [0.717, 1.165) is 77.2 Å². The molecule has 2 saturated heterocycles. The lowest BCUT2D eigenvalue weighted by molar-refractivity contribution is 0.0210. The molecule has 2 N–H and O–H groups in total. The highest BCUT2D eigenvalue weighted by Gasteiger charge is 2.40. The zero-order chi connectivity index (χ0) is 34.5. The van der Waals surface area contributed by atoms with E-state index >= 15 is 0 Å². The van der Waals surface area contributed by atoms with Gasteiger partial charge < -0.3 is 19.4 Å². The van der Waals surface area contributed by atoms with E-state index in [1.807, 2.05) is 95.1 Å². The van der Waals surface area contributed by atoms with Gasteiger partial charge in [-0.1, -0.05) is 29.5 Å². The van der Waals surface area contributed by atoms with Gasteiger partial charge in [-0.3, -0.25) is 9.80 Å². The van der Waals surface area contributed by atoms with Crippen LogP contribution in [0.3, 0.4) is 0 Å². The predicted octanol–water partition coefficient (Wildman–Crippen LogP) is 8.42. The number of imidazole rings is 2. The molecule has 2 aromatic carbocycles. The van der Waals surface area contributed by atoms with Crippen molar-refractivity contribution >= 4 is 50.2 Å². The second-order valence-corrected chi connectivity index (χ2v) is 15.2. The van der Waals surface area contributed by atoms with Gasteiger partial charge in [0.2, 0.25) is 0 Å². The van der Waals surface area contributed by atoms with Crippen LogP contribution in [-0.2, 0) is 9.47 Å². The van der Waals surface area contributed by atoms with E-state index in [1.54, 1.807) is 4.90 Å². The lowest BCUT2D eigenvalue weighted by Crippen LogP contribution is -2.36. The number of hydrogen-bond acceptors (Lipinski definition) is 6. The molecule has 12 heteroatoms. The van der Waals surface area contributed by atoms with Gasteiger partial charge in [0.1, 0.15) is 22.9 Å². The number of carbonyl (C=O) groups excluding carboxylic acids is 2. The Morgan fingerprint density at radius 3 is 2.12 bits per heavy atom. The maximum atomic E-state index is 13.2. The van der Waals surface area contributed by atoms with E-state index < -0.39 is 11.2 Å². The lowest BCUT2D eigenvalue weighted by atomic mass is 10.1. The van der Waals surface area contributed by atoms with E-state index in [1.165, 1.54) is 11.1 Å². The first-order chi connectivity index (χ1) is 23.3. The normalized spacial score (nSPS) is 18.5. The van der Waals surface area contributed by atoms with Crippen molar-refractivity contribution in [2.75, 3.05) is 13.1 Å². The van der Waals surface area contributed by atoms with Crippen LogP contribution in [0.5, 0.6) is 0 Å². The third-order valence-corrected chi connectivity index (χ3v) is 8.96. The molecule has 2 aliphatic heterocycles. The Kier molecular flexibility index (Phi) is 10.9. The number of hydrogen-bond donors (Lipinski definition) is 2. The number of aromatic nitrogens is 4. The molecule has 0 spiro atoms. The van der Waals surface area contributed by atoms with E-state index in [-0.39, 0.29) is 51.3 Å². The molecular weight excluding hydrogens is 681 g/mol. The number of nitrogens with zero attached hydrogens (tertiary/aromatic N) is 4. The average Bonchev–Trinajstić information content (AvgIpc) is 3.45. The van der Waals surface area contributed by atoms with Crippen molar-refractivity contribution in [1.82, 2.24) is 29.7 Å². The van der Waals surface area contributed by atoms with Crippen LogP contribution in [0.2, 0.25) is 0 Å². The minimum atomic E-state index is -0.566. The summed E-state index contributed by atoms with van der Waals surface area (Å²) in [5.41, 5.74) is 7.05. The molecule has 2 aromatic heterocycles. The van der Waals surface area contributed by atoms with Crippen LogP contribution in [0.1, 0.15) is 109 Å². The number of benzene rings is 2. The first kappa shape index (κ1) is 37.9. The fourth-order valence-electron chi connectivity index (χ4n) is 6.54. The van der Waals surface area contributed by atoms with E-state index in [4.69, 9.17) is 14.5 Å². The molecule has 1 saturated carbocycles. The molecule has 4 aromatic rings.